The van der Waals surface area contributed by atoms with Crippen LogP contribution in [0.4, 0.5) is 4.39 Å². The van der Waals surface area contributed by atoms with Crippen molar-refractivity contribution in [2.75, 3.05) is 19.6 Å². The fourth-order valence-corrected chi connectivity index (χ4v) is 2.51. The lowest BCUT2D eigenvalue weighted by Gasteiger charge is -2.32. The van der Waals surface area contributed by atoms with Gasteiger partial charge in [0.05, 0.1) is 5.56 Å². The number of hydrogen-bond acceptors (Lipinski definition) is 3. The zero-order chi connectivity index (χ0) is 14.5. The highest BCUT2D eigenvalue weighted by molar-refractivity contribution is 5.94. The fraction of sp³-hybridized carbons (Fsp3) is 0.533. The van der Waals surface area contributed by atoms with E-state index in [-0.39, 0.29) is 17.4 Å². The molecule has 4 nitrogen and oxygen atoms in total. The van der Waals surface area contributed by atoms with Crippen molar-refractivity contribution in [3.8, 4) is 5.75 Å². The highest BCUT2D eigenvalue weighted by Gasteiger charge is 2.18. The summed E-state index contributed by atoms with van der Waals surface area (Å²) in [6.07, 6.45) is 3.67. The van der Waals surface area contributed by atoms with Crippen molar-refractivity contribution in [2.24, 2.45) is 0 Å². The van der Waals surface area contributed by atoms with E-state index in [1.807, 2.05) is 0 Å². The van der Waals surface area contributed by atoms with Crippen LogP contribution in [0.5, 0.6) is 5.75 Å². The van der Waals surface area contributed by atoms with Crippen LogP contribution in [0.15, 0.2) is 18.2 Å². The summed E-state index contributed by atoms with van der Waals surface area (Å²) in [6.45, 7) is 4.69. The highest BCUT2D eigenvalue weighted by Crippen LogP contribution is 2.15. The summed E-state index contributed by atoms with van der Waals surface area (Å²) in [7, 11) is 0. The molecule has 20 heavy (non-hydrogen) atoms. The molecule has 1 aromatic rings. The van der Waals surface area contributed by atoms with E-state index in [0.29, 0.717) is 6.54 Å². The summed E-state index contributed by atoms with van der Waals surface area (Å²) in [5.41, 5.74) is -0.0337. The summed E-state index contributed by atoms with van der Waals surface area (Å²) in [5.74, 6) is -1.32. The molecule has 0 spiro atoms. The van der Waals surface area contributed by atoms with Gasteiger partial charge >= 0.3 is 0 Å². The maximum Gasteiger partial charge on any atom is 0.254 e. The molecule has 110 valence electrons. The normalized spacial score (nSPS) is 17.7. The molecule has 0 aliphatic carbocycles. The van der Waals surface area contributed by atoms with Gasteiger partial charge in [-0.2, -0.15) is 0 Å². The van der Waals surface area contributed by atoms with Crippen LogP contribution in [0.2, 0.25) is 0 Å². The number of amides is 1. The number of nitrogens with zero attached hydrogens (tertiary/aromatic N) is 1. The van der Waals surface area contributed by atoms with Crippen LogP contribution in [0, 0.1) is 5.82 Å². The van der Waals surface area contributed by atoms with Crippen LogP contribution in [0.1, 0.15) is 36.5 Å². The lowest BCUT2D eigenvalue weighted by Crippen LogP contribution is -2.44. The zero-order valence-electron chi connectivity index (χ0n) is 11.7. The van der Waals surface area contributed by atoms with E-state index < -0.39 is 11.7 Å². The molecule has 2 rings (SSSR count). The first-order chi connectivity index (χ1) is 9.58. The Balaban J connectivity index is 1.88. The number of aromatic hydroxyl groups is 1. The Morgan fingerprint density at radius 3 is 2.75 bits per heavy atom. The number of phenols is 1. The van der Waals surface area contributed by atoms with Gasteiger partial charge in [0.1, 0.15) is 11.6 Å². The van der Waals surface area contributed by atoms with Crippen molar-refractivity contribution in [3.05, 3.63) is 29.6 Å². The molecule has 1 aromatic carbocycles. The van der Waals surface area contributed by atoms with Gasteiger partial charge in [-0.15, -0.1) is 0 Å². The molecule has 1 unspecified atom stereocenters. The number of halogens is 1. The van der Waals surface area contributed by atoms with E-state index in [0.717, 1.165) is 19.2 Å². The summed E-state index contributed by atoms with van der Waals surface area (Å²) in [6, 6.07) is 3.81. The Bertz CT molecular complexity index is 473. The SMILES string of the molecule is CC(CNC(=O)c1ccc(O)cc1F)N1CCCCC1. The van der Waals surface area contributed by atoms with Gasteiger partial charge in [0.2, 0.25) is 0 Å². The first-order valence-corrected chi connectivity index (χ1v) is 7.08. The third-order valence-corrected chi connectivity index (χ3v) is 3.77. The van der Waals surface area contributed by atoms with Crippen molar-refractivity contribution in [3.63, 3.8) is 0 Å². The summed E-state index contributed by atoms with van der Waals surface area (Å²) in [4.78, 5) is 14.3. The molecule has 1 aliphatic heterocycles. The maximum absolute atomic E-state index is 13.5. The van der Waals surface area contributed by atoms with Gasteiger partial charge < -0.3 is 10.4 Å². The van der Waals surface area contributed by atoms with Gasteiger partial charge in [-0.05, 0) is 45.0 Å². The fourth-order valence-electron chi connectivity index (χ4n) is 2.51. The van der Waals surface area contributed by atoms with Gasteiger partial charge in [0.15, 0.2) is 0 Å². The Labute approximate surface area is 118 Å². The number of phenolic OH excluding ortho intramolecular Hbond substituents is 1. The molecule has 1 fully saturated rings. The van der Waals surface area contributed by atoms with E-state index in [4.69, 9.17) is 5.11 Å². The number of carbonyl (C=O) groups is 1. The van der Waals surface area contributed by atoms with Crippen LogP contribution >= 0.6 is 0 Å². The Morgan fingerprint density at radius 1 is 1.40 bits per heavy atom. The standard InChI is InChI=1S/C15H21FN2O2/c1-11(18-7-3-2-4-8-18)10-17-15(20)13-6-5-12(19)9-14(13)16/h5-6,9,11,19H,2-4,7-8,10H2,1H3,(H,17,20). The molecule has 5 heteroatoms. The molecule has 1 amide bonds. The highest BCUT2D eigenvalue weighted by atomic mass is 19.1. The third-order valence-electron chi connectivity index (χ3n) is 3.77. The second-order valence-corrected chi connectivity index (χ2v) is 5.32. The van der Waals surface area contributed by atoms with E-state index in [2.05, 4.69) is 17.1 Å². The second-order valence-electron chi connectivity index (χ2n) is 5.32. The Hall–Kier alpha value is -1.62. The maximum atomic E-state index is 13.5. The predicted molar refractivity (Wildman–Crippen MR) is 75.3 cm³/mol. The number of likely N-dealkylation sites (tertiary alicyclic amines) is 1. The molecule has 2 N–H and O–H groups in total. The van der Waals surface area contributed by atoms with Crippen LogP contribution in [-0.4, -0.2) is 41.6 Å². The van der Waals surface area contributed by atoms with Crippen molar-refractivity contribution in [1.29, 1.82) is 0 Å². The average molecular weight is 280 g/mol. The number of rotatable bonds is 4. The molecular formula is C15H21FN2O2. The monoisotopic (exact) mass is 280 g/mol. The minimum Gasteiger partial charge on any atom is -0.508 e. The molecular weight excluding hydrogens is 259 g/mol. The van der Waals surface area contributed by atoms with Crippen molar-refractivity contribution >= 4 is 5.91 Å². The van der Waals surface area contributed by atoms with E-state index >= 15 is 0 Å². The van der Waals surface area contributed by atoms with Gasteiger partial charge in [-0.25, -0.2) is 4.39 Å². The number of hydrogen-bond donors (Lipinski definition) is 2. The summed E-state index contributed by atoms with van der Waals surface area (Å²) >= 11 is 0. The zero-order valence-corrected chi connectivity index (χ0v) is 11.7. The number of piperidine rings is 1. The van der Waals surface area contributed by atoms with Crippen LogP contribution < -0.4 is 5.32 Å². The predicted octanol–water partition coefficient (Wildman–Crippen LogP) is 2.14. The van der Waals surface area contributed by atoms with Crippen LogP contribution in [-0.2, 0) is 0 Å². The van der Waals surface area contributed by atoms with Crippen molar-refractivity contribution in [2.45, 2.75) is 32.2 Å². The lowest BCUT2D eigenvalue weighted by molar-refractivity contribution is 0.0926. The van der Waals surface area contributed by atoms with E-state index in [1.165, 1.54) is 31.4 Å². The quantitative estimate of drug-likeness (QED) is 0.888. The molecule has 1 atom stereocenters. The van der Waals surface area contributed by atoms with Gasteiger partial charge in [0.25, 0.3) is 5.91 Å². The average Bonchev–Trinajstić information content (AvgIpc) is 2.45. The Morgan fingerprint density at radius 2 is 2.10 bits per heavy atom. The Kier molecular flexibility index (Phi) is 4.95. The molecule has 0 aromatic heterocycles. The van der Waals surface area contributed by atoms with Crippen LogP contribution in [0.3, 0.4) is 0 Å². The molecule has 0 saturated carbocycles. The minimum absolute atomic E-state index is 0.0337. The second kappa shape index (κ2) is 6.70. The number of carbonyl (C=O) groups excluding carboxylic acids is 1. The topological polar surface area (TPSA) is 52.6 Å². The molecule has 1 saturated heterocycles. The van der Waals surface area contributed by atoms with Crippen molar-refractivity contribution < 1.29 is 14.3 Å². The van der Waals surface area contributed by atoms with Gasteiger partial charge in [-0.3, -0.25) is 9.69 Å². The first kappa shape index (κ1) is 14.8. The van der Waals surface area contributed by atoms with Crippen LogP contribution in [0.25, 0.3) is 0 Å². The molecule has 1 heterocycles. The number of nitrogens with one attached hydrogen (secondary N) is 1. The van der Waals surface area contributed by atoms with E-state index in [1.54, 1.807) is 0 Å². The van der Waals surface area contributed by atoms with Crippen molar-refractivity contribution in [1.82, 2.24) is 10.2 Å². The number of benzene rings is 1. The van der Waals surface area contributed by atoms with E-state index in [9.17, 15) is 9.18 Å². The molecule has 1 aliphatic rings. The summed E-state index contributed by atoms with van der Waals surface area (Å²) < 4.78 is 13.5. The minimum atomic E-state index is -0.701. The lowest BCUT2D eigenvalue weighted by atomic mass is 10.1. The molecule has 0 radical (unpaired) electrons. The van der Waals surface area contributed by atoms with Gasteiger partial charge in [-0.1, -0.05) is 6.42 Å². The largest absolute Gasteiger partial charge is 0.508 e. The molecule has 0 bridgehead atoms. The third kappa shape index (κ3) is 3.70. The first-order valence-electron chi connectivity index (χ1n) is 7.08. The smallest absolute Gasteiger partial charge is 0.254 e. The van der Waals surface area contributed by atoms with Gasteiger partial charge in [0, 0.05) is 18.7 Å². The summed E-state index contributed by atoms with van der Waals surface area (Å²) in [5, 5.41) is 11.9.